The lowest BCUT2D eigenvalue weighted by Gasteiger charge is -2.18. The number of carbonyl (C=O) groups is 2. The molecule has 3 N–H and O–H groups in total. The lowest BCUT2D eigenvalue weighted by Crippen LogP contribution is -2.28. The molecule has 0 fully saturated rings. The number of hydrogen-bond acceptors (Lipinski definition) is 6. The van der Waals surface area contributed by atoms with Crippen LogP contribution in [0.3, 0.4) is 0 Å². The van der Waals surface area contributed by atoms with Crippen molar-refractivity contribution in [3.8, 4) is 11.1 Å². The van der Waals surface area contributed by atoms with Crippen LogP contribution < -0.4 is 16.0 Å². The van der Waals surface area contributed by atoms with Gasteiger partial charge < -0.3 is 25.3 Å². The molecular weight excluding hydrogens is 478 g/mol. The molecule has 0 unspecified atom stereocenters. The average molecular weight is 510 g/mol. The van der Waals surface area contributed by atoms with Crippen LogP contribution in [0.5, 0.6) is 0 Å². The molecule has 0 radical (unpaired) electrons. The zero-order valence-electron chi connectivity index (χ0n) is 21.6. The summed E-state index contributed by atoms with van der Waals surface area (Å²) in [5, 5.41) is 9.42. The number of amides is 1. The topological polar surface area (TPSA) is 97.3 Å². The first-order valence-corrected chi connectivity index (χ1v) is 12.7. The van der Waals surface area contributed by atoms with Crippen molar-refractivity contribution in [2.45, 2.75) is 27.0 Å². The Morgan fingerprint density at radius 1 is 0.921 bits per heavy atom. The molecule has 8 heteroatoms. The number of anilines is 3. The van der Waals surface area contributed by atoms with Crippen LogP contribution in [0.1, 0.15) is 27.4 Å². The summed E-state index contributed by atoms with van der Waals surface area (Å²) in [6.07, 6.45) is 0. The van der Waals surface area contributed by atoms with Crippen LogP contribution in [-0.2, 0) is 22.7 Å². The van der Waals surface area contributed by atoms with Gasteiger partial charge in [-0.25, -0.2) is 4.98 Å². The quantitative estimate of drug-likeness (QED) is 0.166. The molecule has 3 heterocycles. The number of pyridine rings is 1. The van der Waals surface area contributed by atoms with Crippen molar-refractivity contribution >= 4 is 28.9 Å². The summed E-state index contributed by atoms with van der Waals surface area (Å²) in [7, 11) is 0. The molecule has 0 atom stereocenters. The van der Waals surface area contributed by atoms with E-state index in [2.05, 4.69) is 27.9 Å². The molecule has 0 bridgehead atoms. The molecule has 38 heavy (non-hydrogen) atoms. The molecular formula is C30H31N5O3. The third-order valence-corrected chi connectivity index (χ3v) is 6.40. The van der Waals surface area contributed by atoms with E-state index in [-0.39, 0.29) is 0 Å². The number of hydrogen-bond donors (Lipinski definition) is 3. The first-order valence-electron chi connectivity index (χ1n) is 12.7. The van der Waals surface area contributed by atoms with E-state index in [0.29, 0.717) is 44.2 Å². The molecule has 4 aromatic rings. The maximum absolute atomic E-state index is 13.4. The Hall–Kier alpha value is -4.43. The van der Waals surface area contributed by atoms with E-state index in [1.807, 2.05) is 72.2 Å². The van der Waals surface area contributed by atoms with E-state index in [9.17, 15) is 9.59 Å². The molecule has 0 saturated carbocycles. The predicted molar refractivity (Wildman–Crippen MR) is 150 cm³/mol. The molecule has 194 valence electrons. The van der Waals surface area contributed by atoms with Crippen molar-refractivity contribution in [3.05, 3.63) is 95.4 Å². The first kappa shape index (κ1) is 25.2. The molecule has 0 spiro atoms. The van der Waals surface area contributed by atoms with Crippen LogP contribution in [0.25, 0.3) is 11.1 Å². The maximum atomic E-state index is 13.4. The number of fused-ring (bicyclic) bond motifs is 1. The van der Waals surface area contributed by atoms with Crippen molar-refractivity contribution in [2.24, 2.45) is 0 Å². The Morgan fingerprint density at radius 2 is 1.66 bits per heavy atom. The Kier molecular flexibility index (Phi) is 7.51. The minimum atomic E-state index is -0.666. The zero-order chi connectivity index (χ0) is 26.5. The van der Waals surface area contributed by atoms with E-state index < -0.39 is 11.7 Å². The van der Waals surface area contributed by atoms with E-state index in [0.717, 1.165) is 34.0 Å². The third-order valence-electron chi connectivity index (χ3n) is 6.40. The smallest absolute Gasteiger partial charge is 0.298 e. The van der Waals surface area contributed by atoms with Crippen LogP contribution in [-0.4, -0.2) is 40.9 Å². The van der Waals surface area contributed by atoms with Gasteiger partial charge in [-0.2, -0.15) is 0 Å². The summed E-state index contributed by atoms with van der Waals surface area (Å²) < 4.78 is 7.47. The average Bonchev–Trinajstić information content (AvgIpc) is 3.31. The summed E-state index contributed by atoms with van der Waals surface area (Å²) >= 11 is 0. The normalized spacial score (nSPS) is 12.5. The van der Waals surface area contributed by atoms with Gasteiger partial charge in [0.2, 0.25) is 0 Å². The number of benzene rings is 2. The second kappa shape index (κ2) is 11.3. The van der Waals surface area contributed by atoms with Crippen molar-refractivity contribution in [1.82, 2.24) is 9.55 Å². The minimum Gasteiger partial charge on any atom is -0.383 e. The van der Waals surface area contributed by atoms with Crippen molar-refractivity contribution in [2.75, 3.05) is 35.6 Å². The highest BCUT2D eigenvalue weighted by atomic mass is 16.5. The number of rotatable bonds is 9. The van der Waals surface area contributed by atoms with Gasteiger partial charge in [0.15, 0.2) is 0 Å². The second-order valence-electron chi connectivity index (χ2n) is 9.35. The fourth-order valence-electron chi connectivity index (χ4n) is 4.69. The van der Waals surface area contributed by atoms with Gasteiger partial charge in [0.25, 0.3) is 11.7 Å². The number of ether oxygens (including phenoxy) is 1. The Balaban J connectivity index is 1.21. The van der Waals surface area contributed by atoms with Crippen molar-refractivity contribution < 1.29 is 14.3 Å². The van der Waals surface area contributed by atoms with Gasteiger partial charge in [-0.15, -0.1) is 0 Å². The largest absolute Gasteiger partial charge is 0.383 e. The summed E-state index contributed by atoms with van der Waals surface area (Å²) in [4.78, 5) is 30.9. The van der Waals surface area contributed by atoms with E-state index in [1.165, 1.54) is 5.56 Å². The van der Waals surface area contributed by atoms with Crippen LogP contribution in [0.15, 0.2) is 72.8 Å². The van der Waals surface area contributed by atoms with Crippen LogP contribution >= 0.6 is 0 Å². The fourth-order valence-corrected chi connectivity index (χ4v) is 4.69. The number of aryl methyl sites for hydroxylation is 2. The minimum absolute atomic E-state index is 0.399. The molecule has 2 aromatic heterocycles. The predicted octanol–water partition coefficient (Wildman–Crippen LogP) is 5.04. The highest BCUT2D eigenvalue weighted by Gasteiger charge is 2.28. The van der Waals surface area contributed by atoms with Crippen LogP contribution in [0.2, 0.25) is 0 Å². The van der Waals surface area contributed by atoms with Gasteiger partial charge in [0.05, 0.1) is 13.2 Å². The SMILES string of the molecule is Cc1cc(C)nc(NCCNc2ccc(NC(=O)C(=O)c3c(-c4ccccc4)cc4n3CCOC4)cc2)c1. The highest BCUT2D eigenvalue weighted by Crippen LogP contribution is 2.30. The van der Waals surface area contributed by atoms with Crippen LogP contribution in [0.4, 0.5) is 17.2 Å². The number of Topliss-reactive ketones (excluding diaryl/α,β-unsaturated/α-hetero) is 1. The van der Waals surface area contributed by atoms with E-state index in [4.69, 9.17) is 4.74 Å². The monoisotopic (exact) mass is 509 g/mol. The van der Waals surface area contributed by atoms with Crippen molar-refractivity contribution in [1.29, 1.82) is 0 Å². The maximum Gasteiger partial charge on any atom is 0.298 e. The Bertz CT molecular complexity index is 1420. The molecule has 1 aliphatic heterocycles. The molecule has 0 saturated heterocycles. The number of nitrogens with zero attached hydrogens (tertiary/aromatic N) is 2. The Labute approximate surface area is 222 Å². The summed E-state index contributed by atoms with van der Waals surface area (Å²) in [5.41, 5.74) is 6.56. The lowest BCUT2D eigenvalue weighted by atomic mass is 10.0. The van der Waals surface area contributed by atoms with Gasteiger partial charge in [0, 0.05) is 48.0 Å². The molecule has 0 aliphatic carbocycles. The van der Waals surface area contributed by atoms with E-state index in [1.54, 1.807) is 12.1 Å². The molecule has 8 nitrogen and oxygen atoms in total. The summed E-state index contributed by atoms with van der Waals surface area (Å²) in [6, 6.07) is 23.0. The first-order chi connectivity index (χ1) is 18.5. The highest BCUT2D eigenvalue weighted by molar-refractivity contribution is 6.47. The number of carbonyl (C=O) groups excluding carboxylic acids is 2. The summed E-state index contributed by atoms with van der Waals surface area (Å²) in [6.45, 7) is 6.89. The molecule has 2 aromatic carbocycles. The standard InChI is InChI=1S/C30H31N5O3/c1-20-16-21(2)33-27(17-20)32-13-12-31-23-8-10-24(11-9-23)34-30(37)29(36)28-26(22-6-4-3-5-7-22)18-25-19-38-15-14-35(25)28/h3-11,16-18,31H,12-15,19H2,1-2H3,(H,32,33)(H,34,37). The zero-order valence-corrected chi connectivity index (χ0v) is 21.6. The molecule has 5 rings (SSSR count). The Morgan fingerprint density at radius 3 is 2.42 bits per heavy atom. The van der Waals surface area contributed by atoms with Gasteiger partial charge in [-0.1, -0.05) is 30.3 Å². The molecule has 1 aliphatic rings. The number of ketones is 1. The third kappa shape index (κ3) is 5.76. The molecule has 1 amide bonds. The van der Waals surface area contributed by atoms with Gasteiger partial charge >= 0.3 is 0 Å². The van der Waals surface area contributed by atoms with Gasteiger partial charge in [-0.3, -0.25) is 9.59 Å². The fraction of sp³-hybridized carbons (Fsp3) is 0.233. The second-order valence-corrected chi connectivity index (χ2v) is 9.35. The van der Waals surface area contributed by atoms with Crippen LogP contribution in [0, 0.1) is 13.8 Å². The summed E-state index contributed by atoms with van der Waals surface area (Å²) in [5.74, 6) is -0.370. The van der Waals surface area contributed by atoms with Gasteiger partial charge in [0.1, 0.15) is 11.5 Å². The van der Waals surface area contributed by atoms with Crippen molar-refractivity contribution in [3.63, 3.8) is 0 Å². The van der Waals surface area contributed by atoms with E-state index >= 15 is 0 Å². The lowest BCUT2D eigenvalue weighted by molar-refractivity contribution is -0.112. The van der Waals surface area contributed by atoms with Gasteiger partial charge in [-0.05, 0) is 67.4 Å². The number of nitrogens with one attached hydrogen (secondary N) is 3. The number of aromatic nitrogens is 2.